The van der Waals surface area contributed by atoms with Crippen molar-refractivity contribution in [3.05, 3.63) is 44.5 Å². The number of furan rings is 1. The number of hydrogen-bond donors (Lipinski definition) is 1. The van der Waals surface area contributed by atoms with Crippen LogP contribution in [0.4, 0.5) is 0 Å². The first kappa shape index (κ1) is 18.3. The smallest absolute Gasteiger partial charge is 0.340 e. The number of nitrogens with one attached hydrogen (secondary N) is 1. The highest BCUT2D eigenvalue weighted by Crippen LogP contribution is 2.37. The van der Waals surface area contributed by atoms with Gasteiger partial charge in [-0.1, -0.05) is 0 Å². The summed E-state index contributed by atoms with van der Waals surface area (Å²) in [6, 6.07) is 1.98. The van der Waals surface area contributed by atoms with Crippen molar-refractivity contribution in [1.29, 1.82) is 0 Å². The summed E-state index contributed by atoms with van der Waals surface area (Å²) >= 11 is 0. The van der Waals surface area contributed by atoms with Crippen molar-refractivity contribution >= 4 is 33.8 Å². The lowest BCUT2D eigenvalue weighted by Gasteiger charge is -2.11. The molecule has 0 spiro atoms. The van der Waals surface area contributed by atoms with Gasteiger partial charge in [0.15, 0.2) is 0 Å². The van der Waals surface area contributed by atoms with Crippen LogP contribution >= 0.6 is 0 Å². The van der Waals surface area contributed by atoms with Gasteiger partial charge in [0.05, 0.1) is 24.5 Å². The largest absolute Gasteiger partial charge is 0.548 e. The van der Waals surface area contributed by atoms with Gasteiger partial charge in [-0.15, -0.1) is 0 Å². The molecule has 1 amide bonds. The Hall–Kier alpha value is -3.09. The molecule has 0 atom stereocenters. The van der Waals surface area contributed by atoms with Crippen LogP contribution in [0.1, 0.15) is 40.9 Å². The van der Waals surface area contributed by atoms with E-state index in [-0.39, 0.29) is 12.0 Å². The van der Waals surface area contributed by atoms with Crippen LogP contribution in [0.5, 0.6) is 0 Å². The molecule has 4 rings (SSSR count). The zero-order chi connectivity index (χ0) is 20.0. The fraction of sp³-hybridized carbons (Fsp3) is 0.381. The summed E-state index contributed by atoms with van der Waals surface area (Å²) in [5.74, 6) is -0.961. The van der Waals surface area contributed by atoms with E-state index >= 15 is 0 Å². The molecule has 7 nitrogen and oxygen atoms in total. The first-order valence-corrected chi connectivity index (χ1v) is 9.33. The van der Waals surface area contributed by atoms with E-state index in [1.165, 1.54) is 5.56 Å². The number of benzene rings is 1. The highest BCUT2D eigenvalue weighted by molar-refractivity contribution is 6.00. The van der Waals surface area contributed by atoms with Gasteiger partial charge in [-0.25, -0.2) is 4.79 Å². The van der Waals surface area contributed by atoms with Gasteiger partial charge in [0.1, 0.15) is 16.9 Å². The average Bonchev–Trinajstić information content (AvgIpc) is 3.04. The van der Waals surface area contributed by atoms with E-state index in [1.807, 2.05) is 13.0 Å². The summed E-state index contributed by atoms with van der Waals surface area (Å²) in [5, 5.41) is 14.5. The summed E-state index contributed by atoms with van der Waals surface area (Å²) in [5.41, 5.74) is 3.47. The minimum Gasteiger partial charge on any atom is -0.548 e. The van der Waals surface area contributed by atoms with E-state index in [9.17, 15) is 19.5 Å². The molecule has 0 saturated heterocycles. The zero-order valence-corrected chi connectivity index (χ0v) is 15.8. The maximum Gasteiger partial charge on any atom is 0.340 e. The topological polar surface area (TPSA) is 113 Å². The Morgan fingerprint density at radius 1 is 1.07 bits per heavy atom. The molecule has 0 saturated carbocycles. The van der Waals surface area contributed by atoms with Gasteiger partial charge in [0, 0.05) is 28.3 Å². The van der Waals surface area contributed by atoms with Crippen molar-refractivity contribution in [1.82, 2.24) is 5.32 Å². The fourth-order valence-electron chi connectivity index (χ4n) is 4.02. The number of aryl methyl sites for hydroxylation is 4. The number of hydrogen-bond acceptors (Lipinski definition) is 6. The molecular formula is C21H20NO6-. The van der Waals surface area contributed by atoms with Gasteiger partial charge in [-0.2, -0.15) is 0 Å². The highest BCUT2D eigenvalue weighted by Gasteiger charge is 2.23. The lowest BCUT2D eigenvalue weighted by Crippen LogP contribution is -2.38. The predicted molar refractivity (Wildman–Crippen MR) is 100 cm³/mol. The number of fused-ring (bicyclic) bond motifs is 4. The van der Waals surface area contributed by atoms with Crippen LogP contribution in [0.15, 0.2) is 19.7 Å². The van der Waals surface area contributed by atoms with Crippen LogP contribution < -0.4 is 16.0 Å². The monoisotopic (exact) mass is 382 g/mol. The summed E-state index contributed by atoms with van der Waals surface area (Å²) in [7, 11) is 0. The first-order valence-electron chi connectivity index (χ1n) is 9.33. The Morgan fingerprint density at radius 2 is 1.79 bits per heavy atom. The van der Waals surface area contributed by atoms with Crippen molar-refractivity contribution in [2.24, 2.45) is 0 Å². The molecule has 1 N–H and O–H groups in total. The number of carboxylic acids is 1. The molecule has 0 aliphatic heterocycles. The van der Waals surface area contributed by atoms with Gasteiger partial charge in [-0.3, -0.25) is 4.79 Å². The second-order valence-electron chi connectivity index (χ2n) is 7.28. The minimum absolute atomic E-state index is 0.222. The highest BCUT2D eigenvalue weighted by atomic mass is 16.4. The normalized spacial score (nSPS) is 13.6. The van der Waals surface area contributed by atoms with Crippen molar-refractivity contribution in [3.8, 4) is 0 Å². The number of carbonyl (C=O) groups is 2. The van der Waals surface area contributed by atoms with Crippen LogP contribution in [-0.4, -0.2) is 18.4 Å². The molecule has 0 fully saturated rings. The minimum atomic E-state index is -1.39. The van der Waals surface area contributed by atoms with Crippen LogP contribution in [0, 0.1) is 13.8 Å². The van der Waals surface area contributed by atoms with E-state index in [0.717, 1.165) is 53.4 Å². The molecule has 146 valence electrons. The maximum absolute atomic E-state index is 12.5. The third kappa shape index (κ3) is 2.96. The van der Waals surface area contributed by atoms with Crippen molar-refractivity contribution < 1.29 is 23.5 Å². The van der Waals surface area contributed by atoms with Gasteiger partial charge < -0.3 is 24.1 Å². The lowest BCUT2D eigenvalue weighted by atomic mass is 9.93. The second-order valence-corrected chi connectivity index (χ2v) is 7.28. The second kappa shape index (κ2) is 6.82. The SMILES string of the molecule is Cc1c(CC(=O)NCC(=O)[O-])c(=O)oc2c(C)c3oc4c(c3cc12)CCCC4. The van der Waals surface area contributed by atoms with Crippen molar-refractivity contribution in [3.63, 3.8) is 0 Å². The number of aliphatic carboxylic acids is 1. The molecule has 2 aromatic heterocycles. The van der Waals surface area contributed by atoms with E-state index in [2.05, 4.69) is 5.32 Å². The van der Waals surface area contributed by atoms with Crippen LogP contribution in [0.3, 0.4) is 0 Å². The van der Waals surface area contributed by atoms with Crippen molar-refractivity contribution in [2.75, 3.05) is 6.54 Å². The fourth-order valence-corrected chi connectivity index (χ4v) is 4.02. The molecule has 7 heteroatoms. The molecule has 2 heterocycles. The van der Waals surface area contributed by atoms with E-state index in [0.29, 0.717) is 11.1 Å². The molecule has 0 unspecified atom stereocenters. The maximum atomic E-state index is 12.5. The number of carboxylic acid groups (broad SMARTS) is 1. The van der Waals surface area contributed by atoms with Gasteiger partial charge in [-0.05, 0) is 44.7 Å². The molecular weight excluding hydrogens is 362 g/mol. The molecule has 1 aliphatic carbocycles. The molecule has 3 aromatic rings. The van der Waals surface area contributed by atoms with Gasteiger partial charge in [0.2, 0.25) is 5.91 Å². The summed E-state index contributed by atoms with van der Waals surface area (Å²) in [6.45, 7) is 3.05. The van der Waals surface area contributed by atoms with Gasteiger partial charge >= 0.3 is 5.63 Å². The third-order valence-electron chi connectivity index (χ3n) is 5.49. The molecule has 1 aromatic carbocycles. The molecule has 0 bridgehead atoms. The summed E-state index contributed by atoms with van der Waals surface area (Å²) in [4.78, 5) is 35.0. The molecule has 1 aliphatic rings. The quantitative estimate of drug-likeness (QED) is 0.683. The third-order valence-corrected chi connectivity index (χ3v) is 5.49. The number of rotatable bonds is 4. The van der Waals surface area contributed by atoms with Crippen LogP contribution in [0.25, 0.3) is 21.9 Å². The Balaban J connectivity index is 1.85. The Kier molecular flexibility index (Phi) is 4.45. The standard InChI is InChI=1S/C21H21NO6/c1-10-13-7-15-12-5-3-4-6-16(12)27-20(15)11(2)19(13)28-21(26)14(10)8-17(23)22-9-18(24)25/h7H,3-6,8-9H2,1-2H3,(H,22,23)(H,24,25)/p-1. The average molecular weight is 382 g/mol. The van der Waals surface area contributed by atoms with Crippen molar-refractivity contribution in [2.45, 2.75) is 46.0 Å². The Bertz CT molecular complexity index is 1180. The zero-order valence-electron chi connectivity index (χ0n) is 15.8. The molecule has 28 heavy (non-hydrogen) atoms. The molecule has 0 radical (unpaired) electrons. The lowest BCUT2D eigenvalue weighted by molar-refractivity contribution is -0.304. The first-order chi connectivity index (χ1) is 13.4. The number of amides is 1. The van der Waals surface area contributed by atoms with Crippen LogP contribution in [-0.2, 0) is 28.9 Å². The predicted octanol–water partition coefficient (Wildman–Crippen LogP) is 1.44. The number of carbonyl (C=O) groups excluding carboxylic acids is 2. The van der Waals surface area contributed by atoms with E-state index < -0.39 is 24.0 Å². The summed E-state index contributed by atoms with van der Waals surface area (Å²) < 4.78 is 11.6. The summed E-state index contributed by atoms with van der Waals surface area (Å²) in [6.07, 6.45) is 3.84. The van der Waals surface area contributed by atoms with Crippen LogP contribution in [0.2, 0.25) is 0 Å². The van der Waals surface area contributed by atoms with E-state index in [4.69, 9.17) is 8.83 Å². The van der Waals surface area contributed by atoms with Gasteiger partial charge in [0.25, 0.3) is 0 Å². The Labute approximate surface area is 160 Å². The van der Waals surface area contributed by atoms with E-state index in [1.54, 1.807) is 6.92 Å². The Morgan fingerprint density at radius 3 is 2.54 bits per heavy atom.